The average Bonchev–Trinajstić information content (AvgIpc) is 2.12. The molecule has 4 rings (SSSR count). The number of rotatable bonds is 2. The lowest BCUT2D eigenvalue weighted by atomic mass is 9.34. The third-order valence-electron chi connectivity index (χ3n) is 3.84. The molecule has 0 saturated heterocycles. The molecular weight excluding hydrogens is 243 g/mol. The predicted octanol–water partition coefficient (Wildman–Crippen LogP) is 3.62. The van der Waals surface area contributed by atoms with Crippen molar-refractivity contribution in [3.63, 3.8) is 0 Å². The van der Waals surface area contributed by atoms with Gasteiger partial charge in [-0.3, -0.25) is 0 Å². The van der Waals surface area contributed by atoms with Gasteiger partial charge in [-0.2, -0.15) is 5.26 Å². The molecule has 16 heavy (non-hydrogen) atoms. The number of hydrogen-bond donors (Lipinski definition) is 0. The Bertz CT molecular complexity index is 484. The molecule has 0 atom stereocenters. The van der Waals surface area contributed by atoms with Crippen molar-refractivity contribution >= 4 is 23.2 Å². The quantitative estimate of drug-likeness (QED) is 0.754. The Balaban J connectivity index is 1.76. The number of hydrogen-bond acceptors (Lipinski definition) is 2. The molecule has 3 aliphatic rings. The Morgan fingerprint density at radius 1 is 1.38 bits per heavy atom. The van der Waals surface area contributed by atoms with Gasteiger partial charge in [-0.25, -0.2) is 4.98 Å². The van der Waals surface area contributed by atoms with Gasteiger partial charge >= 0.3 is 0 Å². The average molecular weight is 253 g/mol. The highest BCUT2D eigenvalue weighted by molar-refractivity contribution is 6.34. The van der Waals surface area contributed by atoms with Crippen molar-refractivity contribution in [2.45, 2.75) is 25.7 Å². The summed E-state index contributed by atoms with van der Waals surface area (Å²) in [4.78, 5) is 4.05. The molecule has 1 aromatic heterocycles. The Labute approximate surface area is 104 Å². The molecule has 2 nitrogen and oxygen atoms in total. The van der Waals surface area contributed by atoms with Crippen LogP contribution >= 0.6 is 23.2 Å². The van der Waals surface area contributed by atoms with Crippen LogP contribution in [-0.2, 0) is 6.42 Å². The molecule has 3 fully saturated rings. The van der Waals surface area contributed by atoms with Gasteiger partial charge in [-0.15, -0.1) is 0 Å². The molecule has 2 bridgehead atoms. The third kappa shape index (κ3) is 1.35. The van der Waals surface area contributed by atoms with Crippen molar-refractivity contribution in [3.05, 3.63) is 28.0 Å². The predicted molar refractivity (Wildman–Crippen MR) is 62.3 cm³/mol. The van der Waals surface area contributed by atoms with Crippen LogP contribution in [0.15, 0.2) is 12.3 Å². The largest absolute Gasteiger partial charge is 0.244 e. The molecule has 0 spiro atoms. The summed E-state index contributed by atoms with van der Waals surface area (Å²) >= 11 is 11.9. The van der Waals surface area contributed by atoms with Crippen molar-refractivity contribution in [1.82, 2.24) is 4.98 Å². The maximum atomic E-state index is 8.95. The lowest BCUT2D eigenvalue weighted by Gasteiger charge is -2.67. The van der Waals surface area contributed by atoms with Gasteiger partial charge < -0.3 is 0 Å². The van der Waals surface area contributed by atoms with Crippen LogP contribution in [0, 0.1) is 22.2 Å². The van der Waals surface area contributed by atoms with E-state index in [1.807, 2.05) is 0 Å². The molecule has 0 radical (unpaired) electrons. The Kier molecular flexibility index (Phi) is 2.02. The van der Waals surface area contributed by atoms with E-state index in [4.69, 9.17) is 28.5 Å². The molecular formula is C12H10Cl2N2. The summed E-state index contributed by atoms with van der Waals surface area (Å²) in [5, 5.41) is 10.1. The molecule has 3 aliphatic carbocycles. The van der Waals surface area contributed by atoms with Crippen LogP contribution in [0.5, 0.6) is 0 Å². The van der Waals surface area contributed by atoms with Gasteiger partial charge in [0.05, 0.1) is 11.5 Å². The number of nitrogens with zero attached hydrogens (tertiary/aromatic N) is 2. The maximum absolute atomic E-state index is 8.95. The van der Waals surface area contributed by atoms with E-state index in [0.717, 1.165) is 31.2 Å². The van der Waals surface area contributed by atoms with Crippen LogP contribution in [0.3, 0.4) is 0 Å². The van der Waals surface area contributed by atoms with E-state index in [9.17, 15) is 0 Å². The fourth-order valence-corrected chi connectivity index (χ4v) is 3.71. The highest BCUT2D eigenvalue weighted by atomic mass is 35.5. The molecule has 0 amide bonds. The molecule has 0 aliphatic heterocycles. The van der Waals surface area contributed by atoms with Crippen LogP contribution in [0.25, 0.3) is 0 Å². The second-order valence-corrected chi connectivity index (χ2v) is 5.99. The molecule has 0 unspecified atom stereocenters. The monoisotopic (exact) mass is 252 g/mol. The standard InChI is InChI=1S/C12H10Cl2N2/c13-9-1-10(14)16-3-8(9)2-11-4-12(5-11,6-11)7-15/h1,3H,2,4-6H2. The van der Waals surface area contributed by atoms with E-state index in [0.29, 0.717) is 15.6 Å². The topological polar surface area (TPSA) is 36.7 Å². The van der Waals surface area contributed by atoms with Crippen molar-refractivity contribution in [1.29, 1.82) is 5.26 Å². The maximum Gasteiger partial charge on any atom is 0.130 e. The number of halogens is 2. The Morgan fingerprint density at radius 2 is 2.06 bits per heavy atom. The second-order valence-electron chi connectivity index (χ2n) is 5.20. The molecule has 4 heteroatoms. The van der Waals surface area contributed by atoms with E-state index < -0.39 is 0 Å². The van der Waals surface area contributed by atoms with Gasteiger partial charge in [-0.05, 0) is 42.7 Å². The van der Waals surface area contributed by atoms with Gasteiger partial charge in [0.1, 0.15) is 5.15 Å². The van der Waals surface area contributed by atoms with Crippen molar-refractivity contribution in [3.8, 4) is 6.07 Å². The van der Waals surface area contributed by atoms with E-state index in [2.05, 4.69) is 11.1 Å². The summed E-state index contributed by atoms with van der Waals surface area (Å²) in [6.45, 7) is 0. The van der Waals surface area contributed by atoms with E-state index in [1.165, 1.54) is 0 Å². The van der Waals surface area contributed by atoms with Crippen molar-refractivity contribution in [2.75, 3.05) is 0 Å². The van der Waals surface area contributed by atoms with E-state index in [-0.39, 0.29) is 5.41 Å². The number of aromatic nitrogens is 1. The highest BCUT2D eigenvalue weighted by Gasteiger charge is 2.67. The van der Waals surface area contributed by atoms with Crippen LogP contribution in [0.1, 0.15) is 24.8 Å². The smallest absolute Gasteiger partial charge is 0.130 e. The zero-order chi connectivity index (χ0) is 11.4. The van der Waals surface area contributed by atoms with Gasteiger partial charge in [0.2, 0.25) is 0 Å². The lowest BCUT2D eigenvalue weighted by Crippen LogP contribution is -2.61. The molecule has 82 valence electrons. The summed E-state index contributed by atoms with van der Waals surface area (Å²) in [5.74, 6) is 0. The molecule has 0 N–H and O–H groups in total. The minimum atomic E-state index is 0.00628. The summed E-state index contributed by atoms with van der Waals surface area (Å²) in [6, 6.07) is 4.09. The van der Waals surface area contributed by atoms with Crippen LogP contribution in [0.4, 0.5) is 0 Å². The molecule has 1 aromatic rings. The third-order valence-corrected chi connectivity index (χ3v) is 4.40. The van der Waals surface area contributed by atoms with Gasteiger partial charge in [-0.1, -0.05) is 23.2 Å². The van der Waals surface area contributed by atoms with E-state index >= 15 is 0 Å². The normalized spacial score (nSPS) is 34.8. The minimum Gasteiger partial charge on any atom is -0.244 e. The first-order chi connectivity index (χ1) is 7.56. The second kappa shape index (κ2) is 3.12. The summed E-state index contributed by atoms with van der Waals surface area (Å²) in [7, 11) is 0. The van der Waals surface area contributed by atoms with Gasteiger partial charge in [0.25, 0.3) is 0 Å². The number of pyridine rings is 1. The molecule has 0 aromatic carbocycles. The zero-order valence-electron chi connectivity index (χ0n) is 8.63. The first-order valence-electron chi connectivity index (χ1n) is 5.28. The summed E-state index contributed by atoms with van der Waals surface area (Å²) in [6.07, 6.45) is 5.75. The fourth-order valence-electron chi connectivity index (χ4n) is 3.27. The van der Waals surface area contributed by atoms with Crippen LogP contribution < -0.4 is 0 Å². The minimum absolute atomic E-state index is 0.00628. The molecule has 3 saturated carbocycles. The van der Waals surface area contributed by atoms with Crippen LogP contribution in [-0.4, -0.2) is 4.98 Å². The lowest BCUT2D eigenvalue weighted by molar-refractivity contribution is -0.161. The van der Waals surface area contributed by atoms with Gasteiger partial charge in [0.15, 0.2) is 0 Å². The zero-order valence-corrected chi connectivity index (χ0v) is 10.1. The molecule has 1 heterocycles. The fraction of sp³-hybridized carbons (Fsp3) is 0.500. The highest BCUT2D eigenvalue weighted by Crippen LogP contribution is 2.74. The number of nitriles is 1. The summed E-state index contributed by atoms with van der Waals surface area (Å²) < 4.78 is 0. The first kappa shape index (κ1) is 10.4. The van der Waals surface area contributed by atoms with E-state index in [1.54, 1.807) is 12.3 Å². The first-order valence-corrected chi connectivity index (χ1v) is 6.03. The summed E-state index contributed by atoms with van der Waals surface area (Å²) in [5.41, 5.74) is 1.39. The van der Waals surface area contributed by atoms with Crippen molar-refractivity contribution < 1.29 is 0 Å². The van der Waals surface area contributed by atoms with Crippen LogP contribution in [0.2, 0.25) is 10.2 Å². The Hall–Kier alpha value is -0.780. The van der Waals surface area contributed by atoms with Gasteiger partial charge in [0, 0.05) is 11.2 Å². The Morgan fingerprint density at radius 3 is 2.62 bits per heavy atom. The van der Waals surface area contributed by atoms with Crippen molar-refractivity contribution in [2.24, 2.45) is 10.8 Å². The SMILES string of the molecule is N#CC12CC(Cc3cnc(Cl)cc3Cl)(C1)C2.